The van der Waals surface area contributed by atoms with Crippen LogP contribution in [0.2, 0.25) is 0 Å². The van der Waals surface area contributed by atoms with Gasteiger partial charge in [-0.25, -0.2) is 15.0 Å². The van der Waals surface area contributed by atoms with E-state index in [1.54, 1.807) is 23.8 Å². The van der Waals surface area contributed by atoms with Gasteiger partial charge >= 0.3 is 0 Å². The van der Waals surface area contributed by atoms with Gasteiger partial charge in [0.2, 0.25) is 0 Å². The number of thiol groups is 1. The van der Waals surface area contributed by atoms with E-state index in [2.05, 4.69) is 55.1 Å². The second kappa shape index (κ2) is 10.5. The Morgan fingerprint density at radius 1 is 1.17 bits per heavy atom. The molecule has 146 valence electrons. The SMILES string of the molecule is CC/C(=C\C=NC(=N)c1nccc(-c2ccccc2S)n1)c1ccccc1SP. The second-order valence-corrected chi connectivity index (χ2v) is 7.93. The summed E-state index contributed by atoms with van der Waals surface area (Å²) >= 11 is 6.12. The highest BCUT2D eigenvalue weighted by Crippen LogP contribution is 2.33. The first-order valence-electron chi connectivity index (χ1n) is 9.03. The monoisotopic (exact) mass is 436 g/mol. The van der Waals surface area contributed by atoms with Gasteiger partial charge in [-0.15, -0.1) is 24.0 Å². The Bertz CT molecular complexity index is 1080. The highest BCUT2D eigenvalue weighted by atomic mass is 32.7. The van der Waals surface area contributed by atoms with E-state index in [0.29, 0.717) is 0 Å². The first-order chi connectivity index (χ1) is 14.1. The number of hydrogen-bond donors (Lipinski definition) is 2. The molecule has 1 atom stereocenters. The van der Waals surface area contributed by atoms with Gasteiger partial charge in [0.1, 0.15) is 0 Å². The molecule has 0 saturated heterocycles. The Hall–Kier alpha value is -2.27. The Morgan fingerprint density at radius 3 is 2.69 bits per heavy atom. The summed E-state index contributed by atoms with van der Waals surface area (Å²) in [5.74, 6) is 0.298. The maximum atomic E-state index is 8.25. The van der Waals surface area contributed by atoms with Gasteiger partial charge in [-0.2, -0.15) is 0 Å². The fourth-order valence-corrected chi connectivity index (χ4v) is 4.18. The quantitative estimate of drug-likeness (QED) is 0.209. The molecule has 4 nitrogen and oxygen atoms in total. The van der Waals surface area contributed by atoms with E-state index in [4.69, 9.17) is 5.41 Å². The summed E-state index contributed by atoms with van der Waals surface area (Å²) in [4.78, 5) is 14.9. The van der Waals surface area contributed by atoms with Crippen molar-refractivity contribution in [2.45, 2.75) is 23.1 Å². The summed E-state index contributed by atoms with van der Waals surface area (Å²) in [6.45, 7) is 2.11. The zero-order valence-corrected chi connectivity index (χ0v) is 18.8. The summed E-state index contributed by atoms with van der Waals surface area (Å²) in [5, 5.41) is 8.25. The zero-order valence-electron chi connectivity index (χ0n) is 15.9. The Morgan fingerprint density at radius 2 is 1.93 bits per heavy atom. The van der Waals surface area contributed by atoms with E-state index in [9.17, 15) is 0 Å². The van der Waals surface area contributed by atoms with Gasteiger partial charge in [0, 0.05) is 27.8 Å². The van der Waals surface area contributed by atoms with Crippen molar-refractivity contribution >= 4 is 50.1 Å². The molecule has 7 heteroatoms. The second-order valence-electron chi connectivity index (χ2n) is 6.07. The standard InChI is InChI=1S/C22H21N4PS2/c1-2-15(16-7-4-6-10-20(16)29-27)11-13-24-21(23)22-25-14-12-18(26-22)17-8-3-5-9-19(17)28/h3-14,23,28H,2,27H2,1H3/b15-11+,23-21?,24-13?. The number of hydrogen-bond acceptors (Lipinski definition) is 5. The van der Waals surface area contributed by atoms with Crippen LogP contribution in [0, 0.1) is 5.41 Å². The van der Waals surface area contributed by atoms with Crippen LogP contribution in [0.3, 0.4) is 0 Å². The molecule has 0 radical (unpaired) electrons. The number of nitrogens with one attached hydrogen (secondary N) is 1. The van der Waals surface area contributed by atoms with Crippen LogP contribution < -0.4 is 0 Å². The molecule has 0 amide bonds. The number of aromatic nitrogens is 2. The van der Waals surface area contributed by atoms with Crippen LogP contribution in [-0.2, 0) is 0 Å². The third-order valence-corrected chi connectivity index (χ3v) is 6.03. The van der Waals surface area contributed by atoms with Gasteiger partial charge in [-0.1, -0.05) is 51.8 Å². The van der Waals surface area contributed by atoms with Gasteiger partial charge in [0.25, 0.3) is 0 Å². The lowest BCUT2D eigenvalue weighted by molar-refractivity contribution is 1.11. The Kier molecular flexibility index (Phi) is 7.76. The molecular formula is C22H21N4PS2. The molecule has 29 heavy (non-hydrogen) atoms. The van der Waals surface area contributed by atoms with Crippen molar-refractivity contribution in [2.75, 3.05) is 0 Å². The van der Waals surface area contributed by atoms with Crippen LogP contribution >= 0.6 is 32.5 Å². The topological polar surface area (TPSA) is 62.0 Å². The van der Waals surface area contributed by atoms with Crippen LogP contribution in [0.4, 0.5) is 0 Å². The van der Waals surface area contributed by atoms with E-state index in [0.717, 1.165) is 28.1 Å². The smallest absolute Gasteiger partial charge is 0.197 e. The number of rotatable bonds is 6. The molecule has 1 unspecified atom stereocenters. The lowest BCUT2D eigenvalue weighted by Gasteiger charge is -2.08. The molecule has 0 aliphatic carbocycles. The predicted molar refractivity (Wildman–Crippen MR) is 130 cm³/mol. The molecule has 0 bridgehead atoms. The molecule has 0 saturated carbocycles. The number of benzene rings is 2. The third kappa shape index (κ3) is 5.41. The molecule has 1 N–H and O–H groups in total. The van der Waals surface area contributed by atoms with Crippen molar-refractivity contribution < 1.29 is 0 Å². The van der Waals surface area contributed by atoms with Crippen molar-refractivity contribution in [3.8, 4) is 11.3 Å². The van der Waals surface area contributed by atoms with E-state index in [-0.39, 0.29) is 11.7 Å². The predicted octanol–water partition coefficient (Wildman–Crippen LogP) is 6.20. The average Bonchev–Trinajstić information content (AvgIpc) is 2.77. The van der Waals surface area contributed by atoms with Crippen molar-refractivity contribution in [3.63, 3.8) is 0 Å². The highest BCUT2D eigenvalue weighted by Gasteiger charge is 2.08. The van der Waals surface area contributed by atoms with Gasteiger partial charge in [-0.3, -0.25) is 5.41 Å². The molecule has 3 aromatic rings. The fourth-order valence-electron chi connectivity index (χ4n) is 2.81. The molecular weight excluding hydrogens is 415 g/mol. The number of aliphatic imine (C=N–C) groups is 1. The molecule has 0 spiro atoms. The molecule has 0 fully saturated rings. The van der Waals surface area contributed by atoms with Crippen molar-refractivity contribution in [1.29, 1.82) is 5.41 Å². The average molecular weight is 437 g/mol. The van der Waals surface area contributed by atoms with E-state index < -0.39 is 0 Å². The van der Waals surface area contributed by atoms with Crippen molar-refractivity contribution in [2.24, 2.45) is 4.99 Å². The van der Waals surface area contributed by atoms with Crippen LogP contribution in [-0.4, -0.2) is 22.0 Å². The lowest BCUT2D eigenvalue weighted by Crippen LogP contribution is -2.03. The van der Waals surface area contributed by atoms with Gasteiger partial charge < -0.3 is 0 Å². The van der Waals surface area contributed by atoms with Crippen LogP contribution in [0.15, 0.2) is 81.7 Å². The van der Waals surface area contributed by atoms with E-state index in [1.807, 2.05) is 48.5 Å². The molecule has 0 aliphatic heterocycles. The Balaban J connectivity index is 1.83. The summed E-state index contributed by atoms with van der Waals surface area (Å²) in [5.41, 5.74) is 3.95. The van der Waals surface area contributed by atoms with Crippen LogP contribution in [0.25, 0.3) is 16.8 Å². The summed E-state index contributed by atoms with van der Waals surface area (Å²) in [6, 6.07) is 17.8. The summed E-state index contributed by atoms with van der Waals surface area (Å²) < 4.78 is 0. The zero-order chi connectivity index (χ0) is 20.6. The molecule has 1 aromatic heterocycles. The minimum atomic E-state index is 0.0175. The van der Waals surface area contributed by atoms with Gasteiger partial charge in [0.15, 0.2) is 11.7 Å². The minimum absolute atomic E-state index is 0.0175. The minimum Gasteiger partial charge on any atom is -0.280 e. The molecule has 0 aliphatic rings. The van der Waals surface area contributed by atoms with Gasteiger partial charge in [0.05, 0.1) is 5.69 Å². The molecule has 1 heterocycles. The van der Waals surface area contributed by atoms with E-state index >= 15 is 0 Å². The normalized spacial score (nSPS) is 11.8. The van der Waals surface area contributed by atoms with Crippen molar-refractivity contribution in [3.05, 3.63) is 78.3 Å². The largest absolute Gasteiger partial charge is 0.280 e. The third-order valence-electron chi connectivity index (χ3n) is 4.27. The first kappa shape index (κ1) is 21.4. The maximum absolute atomic E-state index is 8.25. The lowest BCUT2D eigenvalue weighted by atomic mass is 10.0. The fraction of sp³-hybridized carbons (Fsp3) is 0.0909. The Labute approximate surface area is 182 Å². The van der Waals surface area contributed by atoms with Crippen LogP contribution in [0.5, 0.6) is 0 Å². The van der Waals surface area contributed by atoms with Gasteiger partial charge in [-0.05, 0) is 41.8 Å². The maximum Gasteiger partial charge on any atom is 0.197 e. The van der Waals surface area contributed by atoms with E-state index in [1.165, 1.54) is 10.5 Å². The first-order valence-corrected chi connectivity index (χ1v) is 11.8. The van der Waals surface area contributed by atoms with Crippen molar-refractivity contribution in [1.82, 2.24) is 9.97 Å². The molecule has 3 rings (SSSR count). The van der Waals surface area contributed by atoms with Crippen LogP contribution in [0.1, 0.15) is 24.7 Å². The summed E-state index contributed by atoms with van der Waals surface area (Å²) in [6.07, 6.45) is 6.10. The molecule has 2 aromatic carbocycles. The number of allylic oxidation sites excluding steroid dienone is 2. The number of nitrogens with zero attached hydrogens (tertiary/aromatic N) is 3. The highest BCUT2D eigenvalue weighted by molar-refractivity contribution is 8.43. The summed E-state index contributed by atoms with van der Waals surface area (Å²) in [7, 11) is 2.69. The number of amidine groups is 1.